The summed E-state index contributed by atoms with van der Waals surface area (Å²) >= 11 is 0. The molecule has 1 rings (SSSR count). The first-order valence-corrected chi connectivity index (χ1v) is 6.30. The highest BCUT2D eigenvalue weighted by molar-refractivity contribution is 5.21. The van der Waals surface area contributed by atoms with E-state index in [9.17, 15) is 0 Å². The van der Waals surface area contributed by atoms with Crippen LogP contribution in [0, 0.1) is 11.3 Å². The van der Waals surface area contributed by atoms with Gasteiger partial charge in [-0.2, -0.15) is 5.26 Å². The Morgan fingerprint density at radius 3 is 2.06 bits per heavy atom. The SMILES string of the molecule is C/C=C(\C#N)CN1CCN(CC)CC1.CC. The largest absolute Gasteiger partial charge is 0.301 e. The van der Waals surface area contributed by atoms with E-state index in [0.717, 1.165) is 44.8 Å². The molecule has 0 bridgehead atoms. The second-order valence-electron chi connectivity index (χ2n) is 3.64. The van der Waals surface area contributed by atoms with Crippen LogP contribution in [0.5, 0.6) is 0 Å². The van der Waals surface area contributed by atoms with E-state index in [4.69, 9.17) is 5.26 Å². The van der Waals surface area contributed by atoms with E-state index in [1.54, 1.807) is 0 Å². The molecule has 0 atom stereocenters. The number of nitriles is 1. The number of likely N-dealkylation sites (N-methyl/N-ethyl adjacent to an activating group) is 1. The topological polar surface area (TPSA) is 30.3 Å². The summed E-state index contributed by atoms with van der Waals surface area (Å²) in [6, 6.07) is 2.23. The van der Waals surface area contributed by atoms with E-state index in [1.165, 1.54) is 0 Å². The van der Waals surface area contributed by atoms with E-state index < -0.39 is 0 Å². The summed E-state index contributed by atoms with van der Waals surface area (Å²) in [4.78, 5) is 4.79. The van der Waals surface area contributed by atoms with Gasteiger partial charge in [0.05, 0.1) is 6.07 Å². The van der Waals surface area contributed by atoms with Gasteiger partial charge in [-0.15, -0.1) is 0 Å². The second-order valence-corrected chi connectivity index (χ2v) is 3.64. The first-order chi connectivity index (χ1) is 7.80. The van der Waals surface area contributed by atoms with Crippen molar-refractivity contribution in [3.8, 4) is 6.07 Å². The van der Waals surface area contributed by atoms with Gasteiger partial charge in [0.2, 0.25) is 0 Å². The van der Waals surface area contributed by atoms with E-state index in [1.807, 2.05) is 26.8 Å². The average Bonchev–Trinajstić information content (AvgIpc) is 2.39. The number of hydrogen-bond acceptors (Lipinski definition) is 3. The van der Waals surface area contributed by atoms with Gasteiger partial charge in [0.15, 0.2) is 0 Å². The van der Waals surface area contributed by atoms with Crippen LogP contribution >= 0.6 is 0 Å². The third-order valence-corrected chi connectivity index (χ3v) is 2.80. The molecule has 1 saturated heterocycles. The monoisotopic (exact) mass is 223 g/mol. The summed E-state index contributed by atoms with van der Waals surface area (Å²) in [6.45, 7) is 14.5. The van der Waals surface area contributed by atoms with Gasteiger partial charge in [-0.05, 0) is 13.5 Å². The summed E-state index contributed by atoms with van der Waals surface area (Å²) in [5, 5.41) is 8.80. The van der Waals surface area contributed by atoms with Gasteiger partial charge >= 0.3 is 0 Å². The number of piperazine rings is 1. The molecule has 0 radical (unpaired) electrons. The number of allylic oxidation sites excluding steroid dienone is 1. The summed E-state index contributed by atoms with van der Waals surface area (Å²) in [5.41, 5.74) is 0.884. The summed E-state index contributed by atoms with van der Waals surface area (Å²) in [6.07, 6.45) is 1.91. The fraction of sp³-hybridized carbons (Fsp3) is 0.769. The van der Waals surface area contributed by atoms with E-state index in [-0.39, 0.29) is 0 Å². The van der Waals surface area contributed by atoms with Crippen molar-refractivity contribution < 1.29 is 0 Å². The van der Waals surface area contributed by atoms with Crippen LogP contribution in [-0.2, 0) is 0 Å². The van der Waals surface area contributed by atoms with Gasteiger partial charge in [0.25, 0.3) is 0 Å². The molecule has 0 aromatic heterocycles. The Hall–Kier alpha value is -0.850. The quantitative estimate of drug-likeness (QED) is 0.687. The summed E-state index contributed by atoms with van der Waals surface area (Å²) in [5.74, 6) is 0. The van der Waals surface area contributed by atoms with Crippen LogP contribution in [0.15, 0.2) is 11.6 Å². The minimum atomic E-state index is 0.824. The number of rotatable bonds is 3. The maximum atomic E-state index is 8.80. The lowest BCUT2D eigenvalue weighted by Gasteiger charge is -2.33. The molecule has 0 saturated carbocycles. The highest BCUT2D eigenvalue weighted by Crippen LogP contribution is 2.04. The Labute approximate surface area is 100 Å². The lowest BCUT2D eigenvalue weighted by Crippen LogP contribution is -2.46. The zero-order valence-corrected chi connectivity index (χ0v) is 11.2. The molecule has 0 amide bonds. The predicted molar refractivity (Wildman–Crippen MR) is 69.3 cm³/mol. The van der Waals surface area contributed by atoms with Crippen LogP contribution in [0.25, 0.3) is 0 Å². The lowest BCUT2D eigenvalue weighted by molar-refractivity contribution is 0.146. The molecule has 0 aromatic rings. The van der Waals surface area contributed by atoms with Crippen LogP contribution < -0.4 is 0 Å². The van der Waals surface area contributed by atoms with Crippen molar-refractivity contribution in [2.24, 2.45) is 0 Å². The van der Waals surface area contributed by atoms with Crippen LogP contribution in [0.4, 0.5) is 0 Å². The first kappa shape index (κ1) is 15.2. The molecule has 1 heterocycles. The fourth-order valence-corrected chi connectivity index (χ4v) is 1.70. The highest BCUT2D eigenvalue weighted by Gasteiger charge is 2.15. The van der Waals surface area contributed by atoms with Gasteiger partial charge in [-0.25, -0.2) is 0 Å². The molecule has 0 unspecified atom stereocenters. The third kappa shape index (κ3) is 5.29. The van der Waals surface area contributed by atoms with Gasteiger partial charge in [-0.1, -0.05) is 26.8 Å². The Kier molecular flexibility index (Phi) is 8.88. The Bertz CT molecular complexity index is 232. The molecular weight excluding hydrogens is 198 g/mol. The van der Waals surface area contributed by atoms with E-state index in [2.05, 4.69) is 22.8 Å². The molecule has 0 aliphatic carbocycles. The molecule has 1 aliphatic heterocycles. The molecule has 0 N–H and O–H groups in total. The Balaban J connectivity index is 0.00000106. The van der Waals surface area contributed by atoms with Gasteiger partial charge in [0, 0.05) is 38.3 Å². The third-order valence-electron chi connectivity index (χ3n) is 2.80. The molecular formula is C13H25N3. The van der Waals surface area contributed by atoms with Crippen molar-refractivity contribution in [3.63, 3.8) is 0 Å². The average molecular weight is 223 g/mol. The van der Waals surface area contributed by atoms with Gasteiger partial charge < -0.3 is 4.90 Å². The van der Waals surface area contributed by atoms with Crippen molar-refractivity contribution in [1.29, 1.82) is 5.26 Å². The van der Waals surface area contributed by atoms with Crippen molar-refractivity contribution in [2.75, 3.05) is 39.3 Å². The normalized spacial score (nSPS) is 18.6. The molecule has 16 heavy (non-hydrogen) atoms. The van der Waals surface area contributed by atoms with E-state index in [0.29, 0.717) is 0 Å². The first-order valence-electron chi connectivity index (χ1n) is 6.30. The molecule has 92 valence electrons. The smallest absolute Gasteiger partial charge is 0.0957 e. The van der Waals surface area contributed by atoms with Crippen molar-refractivity contribution >= 4 is 0 Å². The maximum absolute atomic E-state index is 8.80. The van der Waals surface area contributed by atoms with Crippen LogP contribution in [0.2, 0.25) is 0 Å². The van der Waals surface area contributed by atoms with Crippen molar-refractivity contribution in [1.82, 2.24) is 9.80 Å². The fourth-order valence-electron chi connectivity index (χ4n) is 1.70. The second kappa shape index (κ2) is 9.38. The molecule has 1 aliphatic rings. The van der Waals surface area contributed by atoms with Crippen molar-refractivity contribution in [2.45, 2.75) is 27.7 Å². The molecule has 0 aromatic carbocycles. The van der Waals surface area contributed by atoms with E-state index >= 15 is 0 Å². The minimum Gasteiger partial charge on any atom is -0.301 e. The summed E-state index contributed by atoms with van der Waals surface area (Å²) < 4.78 is 0. The van der Waals surface area contributed by atoms with Crippen molar-refractivity contribution in [3.05, 3.63) is 11.6 Å². The van der Waals surface area contributed by atoms with Crippen LogP contribution in [0.3, 0.4) is 0 Å². The van der Waals surface area contributed by atoms with Crippen LogP contribution in [-0.4, -0.2) is 49.1 Å². The lowest BCUT2D eigenvalue weighted by atomic mass is 10.2. The molecule has 3 heteroatoms. The van der Waals surface area contributed by atoms with Crippen LogP contribution in [0.1, 0.15) is 27.7 Å². The molecule has 0 spiro atoms. The maximum Gasteiger partial charge on any atom is 0.0957 e. The Morgan fingerprint density at radius 1 is 1.19 bits per heavy atom. The zero-order valence-electron chi connectivity index (χ0n) is 11.2. The number of nitrogens with zero attached hydrogens (tertiary/aromatic N) is 3. The molecule has 3 nitrogen and oxygen atoms in total. The highest BCUT2D eigenvalue weighted by atomic mass is 15.3. The summed E-state index contributed by atoms with van der Waals surface area (Å²) in [7, 11) is 0. The van der Waals surface area contributed by atoms with Gasteiger partial charge in [0.1, 0.15) is 0 Å². The van der Waals surface area contributed by atoms with Gasteiger partial charge in [-0.3, -0.25) is 4.90 Å². The molecule has 1 fully saturated rings. The number of hydrogen-bond donors (Lipinski definition) is 0. The Morgan fingerprint density at radius 2 is 1.69 bits per heavy atom. The predicted octanol–water partition coefficient (Wildman–Crippen LogP) is 2.12. The minimum absolute atomic E-state index is 0.824. The standard InChI is InChI=1S/C11H19N3.C2H6/c1-3-11(9-12)10-14-7-5-13(4-2)6-8-14;1-2/h3H,4-8,10H2,1-2H3;1-2H3/b11-3+;. The zero-order chi connectivity index (χ0) is 12.4.